The molecule has 0 radical (unpaired) electrons. The Morgan fingerprint density at radius 2 is 1.88 bits per heavy atom. The highest BCUT2D eigenvalue weighted by Gasteiger charge is 2.29. The number of benzene rings is 2. The van der Waals surface area contributed by atoms with Gasteiger partial charge in [0, 0.05) is 6.07 Å². The molecule has 0 bridgehead atoms. The molecular formula is C22H24O4. The third-order valence-electron chi connectivity index (χ3n) is 4.54. The molecule has 4 nitrogen and oxygen atoms in total. The molecule has 0 fully saturated rings. The number of carbonyl (C=O) groups excluding carboxylic acids is 1. The molecule has 0 aromatic heterocycles. The van der Waals surface area contributed by atoms with Crippen LogP contribution in [0.2, 0.25) is 0 Å². The number of fused-ring (bicyclic) bond motifs is 1. The fraction of sp³-hybridized carbons (Fsp3) is 0.318. The molecule has 1 aliphatic heterocycles. The van der Waals surface area contributed by atoms with Crippen LogP contribution in [0.1, 0.15) is 47.9 Å². The highest BCUT2D eigenvalue weighted by atomic mass is 16.5. The van der Waals surface area contributed by atoms with E-state index < -0.39 is 0 Å². The predicted octanol–water partition coefficient (Wildman–Crippen LogP) is 4.92. The summed E-state index contributed by atoms with van der Waals surface area (Å²) in [5.74, 6) is 2.19. The molecule has 4 heteroatoms. The molecule has 1 atom stereocenters. The third kappa shape index (κ3) is 3.74. The standard InChI is InChI=1S/C22H24O4/c1-14(2)5-6-16-11-18-19(23)12-21(26-22(18)13-20(16)25-4)15-7-9-17(24-3)10-8-15/h5,7-11,13,21H,6,12H2,1-4H3/t21-/m0/s1. The highest BCUT2D eigenvalue weighted by Crippen LogP contribution is 2.39. The van der Waals surface area contributed by atoms with Crippen LogP contribution in [0.25, 0.3) is 0 Å². The van der Waals surface area contributed by atoms with Crippen LogP contribution in [0.4, 0.5) is 0 Å². The van der Waals surface area contributed by atoms with Gasteiger partial charge >= 0.3 is 0 Å². The fourth-order valence-electron chi connectivity index (χ4n) is 3.06. The fourth-order valence-corrected chi connectivity index (χ4v) is 3.06. The van der Waals surface area contributed by atoms with Crippen molar-refractivity contribution in [2.75, 3.05) is 14.2 Å². The van der Waals surface area contributed by atoms with E-state index >= 15 is 0 Å². The molecule has 0 N–H and O–H groups in total. The van der Waals surface area contributed by atoms with E-state index in [1.165, 1.54) is 5.57 Å². The zero-order chi connectivity index (χ0) is 18.7. The lowest BCUT2D eigenvalue weighted by atomic mass is 9.94. The lowest BCUT2D eigenvalue weighted by molar-refractivity contribution is 0.0849. The number of carbonyl (C=O) groups is 1. The van der Waals surface area contributed by atoms with Crippen molar-refractivity contribution >= 4 is 5.78 Å². The highest BCUT2D eigenvalue weighted by molar-refractivity contribution is 6.00. The molecule has 0 unspecified atom stereocenters. The van der Waals surface area contributed by atoms with E-state index in [1.54, 1.807) is 14.2 Å². The first kappa shape index (κ1) is 18.1. The van der Waals surface area contributed by atoms with Gasteiger partial charge in [-0.1, -0.05) is 23.8 Å². The summed E-state index contributed by atoms with van der Waals surface area (Å²) < 4.78 is 16.8. The molecular weight excluding hydrogens is 328 g/mol. The Balaban J connectivity index is 1.91. The van der Waals surface area contributed by atoms with Gasteiger partial charge in [0.25, 0.3) is 0 Å². The number of ether oxygens (including phenoxy) is 3. The molecule has 0 saturated carbocycles. The van der Waals surface area contributed by atoms with E-state index in [9.17, 15) is 4.79 Å². The largest absolute Gasteiger partial charge is 0.497 e. The Morgan fingerprint density at radius 1 is 1.15 bits per heavy atom. The molecule has 3 rings (SSSR count). The van der Waals surface area contributed by atoms with Gasteiger partial charge in [-0.3, -0.25) is 4.79 Å². The number of rotatable bonds is 5. The summed E-state index contributed by atoms with van der Waals surface area (Å²) in [5, 5.41) is 0. The van der Waals surface area contributed by atoms with Crippen LogP contribution < -0.4 is 14.2 Å². The topological polar surface area (TPSA) is 44.8 Å². The molecule has 1 heterocycles. The van der Waals surface area contributed by atoms with Crippen molar-refractivity contribution in [1.29, 1.82) is 0 Å². The summed E-state index contributed by atoms with van der Waals surface area (Å²) in [6, 6.07) is 11.4. The molecule has 2 aromatic carbocycles. The van der Waals surface area contributed by atoms with Crippen molar-refractivity contribution in [3.8, 4) is 17.2 Å². The molecule has 136 valence electrons. The average Bonchev–Trinajstić information content (AvgIpc) is 2.65. The van der Waals surface area contributed by atoms with Crippen LogP contribution in [0.15, 0.2) is 48.0 Å². The SMILES string of the molecule is COc1ccc([C@@H]2CC(=O)c3cc(CC=C(C)C)c(OC)cc3O2)cc1. The number of methoxy groups -OCH3 is 2. The van der Waals surface area contributed by atoms with Crippen molar-refractivity contribution < 1.29 is 19.0 Å². The molecule has 0 saturated heterocycles. The van der Waals surface area contributed by atoms with Crippen LogP contribution in [-0.2, 0) is 6.42 Å². The van der Waals surface area contributed by atoms with Crippen LogP contribution in [-0.4, -0.2) is 20.0 Å². The van der Waals surface area contributed by atoms with Gasteiger partial charge in [-0.15, -0.1) is 0 Å². The maximum Gasteiger partial charge on any atom is 0.170 e. The Bertz CT molecular complexity index is 830. The van der Waals surface area contributed by atoms with E-state index in [1.807, 2.05) is 36.4 Å². The number of Topliss-reactive ketones (excluding diaryl/α,β-unsaturated/α-hetero) is 1. The monoisotopic (exact) mass is 352 g/mol. The van der Waals surface area contributed by atoms with Crippen molar-refractivity contribution in [1.82, 2.24) is 0 Å². The van der Waals surface area contributed by atoms with Crippen molar-refractivity contribution in [2.45, 2.75) is 32.8 Å². The molecule has 0 spiro atoms. The molecule has 1 aliphatic rings. The number of hydrogen-bond acceptors (Lipinski definition) is 4. The van der Waals surface area contributed by atoms with Gasteiger partial charge < -0.3 is 14.2 Å². The van der Waals surface area contributed by atoms with Crippen LogP contribution in [0, 0.1) is 0 Å². The Kier molecular flexibility index (Phi) is 5.31. The summed E-state index contributed by atoms with van der Waals surface area (Å²) >= 11 is 0. The van der Waals surface area contributed by atoms with E-state index in [4.69, 9.17) is 14.2 Å². The van der Waals surface area contributed by atoms with Crippen LogP contribution >= 0.6 is 0 Å². The molecule has 2 aromatic rings. The summed E-state index contributed by atoms with van der Waals surface area (Å²) in [6.45, 7) is 4.11. The van der Waals surface area contributed by atoms with Crippen molar-refractivity contribution in [3.63, 3.8) is 0 Å². The van der Waals surface area contributed by atoms with Gasteiger partial charge in [-0.05, 0) is 49.6 Å². The second-order valence-corrected chi connectivity index (χ2v) is 6.65. The van der Waals surface area contributed by atoms with Crippen molar-refractivity contribution in [2.24, 2.45) is 0 Å². The average molecular weight is 352 g/mol. The third-order valence-corrected chi connectivity index (χ3v) is 4.54. The van der Waals surface area contributed by atoms with Gasteiger partial charge in [-0.25, -0.2) is 0 Å². The quantitative estimate of drug-likeness (QED) is 0.717. The molecule has 0 aliphatic carbocycles. The maximum absolute atomic E-state index is 12.7. The summed E-state index contributed by atoms with van der Waals surface area (Å²) in [6.07, 6.45) is 2.88. The minimum atomic E-state index is -0.297. The second kappa shape index (κ2) is 7.65. The number of allylic oxidation sites excluding steroid dienone is 2. The first-order chi connectivity index (χ1) is 12.5. The minimum absolute atomic E-state index is 0.0909. The first-order valence-electron chi connectivity index (χ1n) is 8.70. The molecule has 26 heavy (non-hydrogen) atoms. The Hall–Kier alpha value is -2.75. The van der Waals surface area contributed by atoms with E-state index in [0.717, 1.165) is 29.0 Å². The lowest BCUT2D eigenvalue weighted by Gasteiger charge is -2.26. The number of ketones is 1. The Morgan fingerprint density at radius 3 is 2.50 bits per heavy atom. The summed E-state index contributed by atoms with van der Waals surface area (Å²) in [4.78, 5) is 12.7. The maximum atomic E-state index is 12.7. The normalized spacial score (nSPS) is 15.7. The van der Waals surface area contributed by atoms with Crippen molar-refractivity contribution in [3.05, 3.63) is 64.7 Å². The van der Waals surface area contributed by atoms with Gasteiger partial charge in [0.15, 0.2) is 5.78 Å². The minimum Gasteiger partial charge on any atom is -0.497 e. The van der Waals surface area contributed by atoms with Crippen LogP contribution in [0.3, 0.4) is 0 Å². The number of hydrogen-bond donors (Lipinski definition) is 0. The summed E-state index contributed by atoms with van der Waals surface area (Å²) in [7, 11) is 3.27. The van der Waals surface area contributed by atoms with Gasteiger partial charge in [-0.2, -0.15) is 0 Å². The van der Waals surface area contributed by atoms with Gasteiger partial charge in [0.1, 0.15) is 23.4 Å². The zero-order valence-corrected chi connectivity index (χ0v) is 15.7. The Labute approximate surface area is 154 Å². The zero-order valence-electron chi connectivity index (χ0n) is 15.7. The smallest absolute Gasteiger partial charge is 0.170 e. The summed E-state index contributed by atoms with van der Waals surface area (Å²) in [5.41, 5.74) is 3.81. The van der Waals surface area contributed by atoms with E-state index in [2.05, 4.69) is 19.9 Å². The lowest BCUT2D eigenvalue weighted by Crippen LogP contribution is -2.20. The first-order valence-corrected chi connectivity index (χ1v) is 8.70. The predicted molar refractivity (Wildman–Crippen MR) is 101 cm³/mol. The van der Waals surface area contributed by atoms with Crippen LogP contribution in [0.5, 0.6) is 17.2 Å². The van der Waals surface area contributed by atoms with E-state index in [0.29, 0.717) is 17.7 Å². The second-order valence-electron chi connectivity index (χ2n) is 6.65. The van der Waals surface area contributed by atoms with Gasteiger partial charge in [0.2, 0.25) is 0 Å². The molecule has 0 amide bonds. The van der Waals surface area contributed by atoms with E-state index in [-0.39, 0.29) is 11.9 Å². The van der Waals surface area contributed by atoms with Gasteiger partial charge in [0.05, 0.1) is 26.2 Å².